The maximum absolute atomic E-state index is 13.2. The number of hydrogen-bond donors (Lipinski definition) is 0. The second kappa shape index (κ2) is 8.29. The SMILES string of the molecule is CC(C)[C@H]1CN(c2ccc(C#N)cn2)CCCN1Cc1ccc(F)cc1. The first-order chi connectivity index (χ1) is 12.6. The summed E-state index contributed by atoms with van der Waals surface area (Å²) in [6, 6.07) is 13.1. The van der Waals surface area contributed by atoms with E-state index in [0.29, 0.717) is 17.5 Å². The van der Waals surface area contributed by atoms with E-state index >= 15 is 0 Å². The van der Waals surface area contributed by atoms with Gasteiger partial charge in [-0.05, 0) is 42.2 Å². The third-order valence-electron chi connectivity index (χ3n) is 5.02. The third kappa shape index (κ3) is 4.39. The largest absolute Gasteiger partial charge is 0.355 e. The Morgan fingerprint density at radius 3 is 2.58 bits per heavy atom. The quantitative estimate of drug-likeness (QED) is 0.839. The van der Waals surface area contributed by atoms with Gasteiger partial charge in [0, 0.05) is 38.4 Å². The zero-order valence-electron chi connectivity index (χ0n) is 15.4. The summed E-state index contributed by atoms with van der Waals surface area (Å²) in [7, 11) is 0. The first-order valence-electron chi connectivity index (χ1n) is 9.16. The highest BCUT2D eigenvalue weighted by Crippen LogP contribution is 2.23. The Bertz CT molecular complexity index is 749. The molecule has 1 aliphatic heterocycles. The highest BCUT2D eigenvalue weighted by Gasteiger charge is 2.28. The van der Waals surface area contributed by atoms with E-state index in [-0.39, 0.29) is 5.82 Å². The van der Waals surface area contributed by atoms with Gasteiger partial charge in [-0.25, -0.2) is 9.37 Å². The van der Waals surface area contributed by atoms with Crippen molar-refractivity contribution in [1.82, 2.24) is 9.88 Å². The zero-order valence-corrected chi connectivity index (χ0v) is 15.4. The molecule has 1 saturated heterocycles. The molecule has 0 amide bonds. The molecule has 0 spiro atoms. The minimum atomic E-state index is -0.192. The maximum atomic E-state index is 13.2. The van der Waals surface area contributed by atoms with Crippen molar-refractivity contribution in [2.24, 2.45) is 5.92 Å². The topological polar surface area (TPSA) is 43.2 Å². The van der Waals surface area contributed by atoms with Gasteiger partial charge in [0.15, 0.2) is 0 Å². The molecule has 0 unspecified atom stereocenters. The van der Waals surface area contributed by atoms with Crippen molar-refractivity contribution < 1.29 is 4.39 Å². The average molecular weight is 352 g/mol. The molecular weight excluding hydrogens is 327 g/mol. The van der Waals surface area contributed by atoms with Gasteiger partial charge in [-0.1, -0.05) is 26.0 Å². The number of halogens is 1. The molecule has 3 rings (SSSR count). The Labute approximate surface area is 154 Å². The van der Waals surface area contributed by atoms with Crippen LogP contribution in [-0.4, -0.2) is 35.6 Å². The monoisotopic (exact) mass is 352 g/mol. The van der Waals surface area contributed by atoms with Crippen LogP contribution < -0.4 is 4.90 Å². The molecule has 0 radical (unpaired) electrons. The van der Waals surface area contributed by atoms with Crippen LogP contribution in [0, 0.1) is 23.1 Å². The highest BCUT2D eigenvalue weighted by atomic mass is 19.1. The Hall–Kier alpha value is -2.45. The van der Waals surface area contributed by atoms with Crippen molar-refractivity contribution in [2.45, 2.75) is 32.9 Å². The predicted molar refractivity (Wildman–Crippen MR) is 101 cm³/mol. The van der Waals surface area contributed by atoms with E-state index in [4.69, 9.17) is 5.26 Å². The molecule has 1 aromatic heterocycles. The Balaban J connectivity index is 1.76. The number of anilines is 1. The second-order valence-corrected chi connectivity index (χ2v) is 7.22. The first-order valence-corrected chi connectivity index (χ1v) is 9.16. The molecule has 2 aromatic rings. The molecule has 0 saturated carbocycles. The molecule has 26 heavy (non-hydrogen) atoms. The number of rotatable bonds is 4. The third-order valence-corrected chi connectivity index (χ3v) is 5.02. The van der Waals surface area contributed by atoms with Crippen LogP contribution in [0.15, 0.2) is 42.6 Å². The van der Waals surface area contributed by atoms with Crippen LogP contribution in [0.3, 0.4) is 0 Å². The summed E-state index contributed by atoms with van der Waals surface area (Å²) in [4.78, 5) is 9.29. The first kappa shape index (κ1) is 18.3. The van der Waals surface area contributed by atoms with E-state index in [1.807, 2.05) is 24.3 Å². The van der Waals surface area contributed by atoms with E-state index in [2.05, 4.69) is 34.7 Å². The fraction of sp³-hybridized carbons (Fsp3) is 0.429. The number of nitrogens with zero attached hydrogens (tertiary/aromatic N) is 4. The van der Waals surface area contributed by atoms with Crippen molar-refractivity contribution in [2.75, 3.05) is 24.5 Å². The lowest BCUT2D eigenvalue weighted by Gasteiger charge is -2.35. The van der Waals surface area contributed by atoms with E-state index in [1.54, 1.807) is 6.20 Å². The Kier molecular flexibility index (Phi) is 5.85. The van der Waals surface area contributed by atoms with Crippen LogP contribution in [0.5, 0.6) is 0 Å². The molecule has 1 atom stereocenters. The lowest BCUT2D eigenvalue weighted by Crippen LogP contribution is -2.44. The summed E-state index contributed by atoms with van der Waals surface area (Å²) in [6.07, 6.45) is 2.69. The zero-order chi connectivity index (χ0) is 18.5. The molecular formula is C21H25FN4. The van der Waals surface area contributed by atoms with E-state index in [9.17, 15) is 4.39 Å². The standard InChI is InChI=1S/C21H25FN4/c1-16(2)20-15-26(21-9-6-18(12-23)13-24-21)11-3-10-25(20)14-17-4-7-19(22)8-5-17/h4-9,13,16,20H,3,10-11,14-15H2,1-2H3/t20-/m1/s1. The molecule has 0 N–H and O–H groups in total. The van der Waals surface area contributed by atoms with E-state index in [0.717, 1.165) is 44.0 Å². The van der Waals surface area contributed by atoms with E-state index < -0.39 is 0 Å². The molecule has 5 heteroatoms. The molecule has 4 nitrogen and oxygen atoms in total. The minimum Gasteiger partial charge on any atom is -0.355 e. The number of nitriles is 1. The maximum Gasteiger partial charge on any atom is 0.128 e. The van der Waals surface area contributed by atoms with Gasteiger partial charge in [-0.15, -0.1) is 0 Å². The van der Waals surface area contributed by atoms with Gasteiger partial charge < -0.3 is 4.90 Å². The van der Waals surface area contributed by atoms with Crippen LogP contribution in [-0.2, 0) is 6.54 Å². The van der Waals surface area contributed by atoms with Crippen LogP contribution >= 0.6 is 0 Å². The lowest BCUT2D eigenvalue weighted by molar-refractivity contribution is 0.161. The van der Waals surface area contributed by atoms with Crippen molar-refractivity contribution in [1.29, 1.82) is 5.26 Å². The molecule has 1 aromatic carbocycles. The van der Waals surface area contributed by atoms with Gasteiger partial charge in [0.1, 0.15) is 17.7 Å². The predicted octanol–water partition coefficient (Wildman–Crippen LogP) is 3.83. The van der Waals surface area contributed by atoms with Crippen molar-refractivity contribution in [3.05, 3.63) is 59.5 Å². The van der Waals surface area contributed by atoms with Gasteiger partial charge in [0.2, 0.25) is 0 Å². The number of benzene rings is 1. The van der Waals surface area contributed by atoms with Crippen LogP contribution in [0.4, 0.5) is 10.2 Å². The number of pyridine rings is 1. The molecule has 136 valence electrons. The minimum absolute atomic E-state index is 0.192. The van der Waals surface area contributed by atoms with Crippen molar-refractivity contribution in [3.8, 4) is 6.07 Å². The highest BCUT2D eigenvalue weighted by molar-refractivity contribution is 5.42. The number of aromatic nitrogens is 1. The van der Waals surface area contributed by atoms with Crippen LogP contribution in [0.1, 0.15) is 31.4 Å². The summed E-state index contributed by atoms with van der Waals surface area (Å²) in [5.74, 6) is 1.23. The van der Waals surface area contributed by atoms with E-state index in [1.165, 1.54) is 12.1 Å². The normalized spacial score (nSPS) is 18.6. The fourth-order valence-corrected chi connectivity index (χ4v) is 3.56. The van der Waals surface area contributed by atoms with Gasteiger partial charge in [0.25, 0.3) is 0 Å². The lowest BCUT2D eigenvalue weighted by atomic mass is 10.0. The Morgan fingerprint density at radius 2 is 1.96 bits per heavy atom. The summed E-state index contributed by atoms with van der Waals surface area (Å²) in [5.41, 5.74) is 1.73. The smallest absolute Gasteiger partial charge is 0.128 e. The number of hydrogen-bond acceptors (Lipinski definition) is 4. The van der Waals surface area contributed by atoms with Gasteiger partial charge in [-0.3, -0.25) is 4.90 Å². The summed E-state index contributed by atoms with van der Waals surface area (Å²) < 4.78 is 13.2. The van der Waals surface area contributed by atoms with Crippen molar-refractivity contribution >= 4 is 5.82 Å². The molecule has 1 aliphatic rings. The molecule has 2 heterocycles. The van der Waals surface area contributed by atoms with Gasteiger partial charge in [-0.2, -0.15) is 5.26 Å². The summed E-state index contributed by atoms with van der Waals surface area (Å²) in [6.45, 7) is 8.18. The molecule has 0 bridgehead atoms. The fourth-order valence-electron chi connectivity index (χ4n) is 3.56. The van der Waals surface area contributed by atoms with Crippen LogP contribution in [0.25, 0.3) is 0 Å². The second-order valence-electron chi connectivity index (χ2n) is 7.22. The summed E-state index contributed by atoms with van der Waals surface area (Å²) in [5, 5.41) is 8.96. The molecule has 0 aliphatic carbocycles. The Morgan fingerprint density at radius 1 is 1.19 bits per heavy atom. The summed E-state index contributed by atoms with van der Waals surface area (Å²) >= 11 is 0. The average Bonchev–Trinajstić information content (AvgIpc) is 2.86. The van der Waals surface area contributed by atoms with Gasteiger partial charge in [0.05, 0.1) is 5.56 Å². The van der Waals surface area contributed by atoms with Crippen molar-refractivity contribution in [3.63, 3.8) is 0 Å². The molecule has 1 fully saturated rings. The van der Waals surface area contributed by atoms with Gasteiger partial charge >= 0.3 is 0 Å². The van der Waals surface area contributed by atoms with Crippen LogP contribution in [0.2, 0.25) is 0 Å².